The fourth-order valence-electron chi connectivity index (χ4n) is 2.65. The van der Waals surface area contributed by atoms with E-state index >= 15 is 0 Å². The van der Waals surface area contributed by atoms with E-state index in [9.17, 15) is 4.79 Å². The van der Waals surface area contributed by atoms with Crippen LogP contribution in [-0.2, 0) is 9.47 Å². The fourth-order valence-corrected chi connectivity index (χ4v) is 2.65. The number of ether oxygens (including phenoxy) is 2. The molecule has 0 unspecified atom stereocenters. The van der Waals surface area contributed by atoms with Crippen LogP contribution in [0.15, 0.2) is 54.6 Å². The third kappa shape index (κ3) is 2.22. The summed E-state index contributed by atoms with van der Waals surface area (Å²) in [5.74, 6) is -0.0153. The van der Waals surface area contributed by atoms with E-state index in [1.165, 1.54) is 0 Å². The predicted molar refractivity (Wildman–Crippen MR) is 78.1 cm³/mol. The van der Waals surface area contributed by atoms with Gasteiger partial charge in [-0.3, -0.25) is 9.69 Å². The molecular formula is C17H15NO3. The molecule has 1 saturated heterocycles. The van der Waals surface area contributed by atoms with Gasteiger partial charge in [0.25, 0.3) is 5.91 Å². The fraction of sp³-hybridized carbons (Fsp3) is 0.235. The molecule has 1 fully saturated rings. The number of nitrogens with zero attached hydrogens (tertiary/aromatic N) is 1. The van der Waals surface area contributed by atoms with Gasteiger partial charge in [0.15, 0.2) is 6.23 Å². The Hall–Kier alpha value is -2.17. The van der Waals surface area contributed by atoms with Crippen molar-refractivity contribution in [3.8, 4) is 0 Å². The molecule has 1 amide bonds. The Kier molecular flexibility index (Phi) is 2.98. The summed E-state index contributed by atoms with van der Waals surface area (Å²) in [6, 6.07) is 17.3. The summed E-state index contributed by atoms with van der Waals surface area (Å²) in [6.07, 6.45) is -0.203. The largest absolute Gasteiger partial charge is 0.371 e. The number of carbonyl (C=O) groups excluding carboxylic acids is 1. The van der Waals surface area contributed by atoms with Crippen LogP contribution in [0.25, 0.3) is 0 Å². The lowest BCUT2D eigenvalue weighted by atomic mass is 10.1. The van der Waals surface area contributed by atoms with Crippen LogP contribution < -0.4 is 4.90 Å². The Morgan fingerprint density at radius 3 is 2.57 bits per heavy atom. The average molecular weight is 281 g/mol. The second kappa shape index (κ2) is 4.98. The molecule has 2 aromatic carbocycles. The molecule has 0 aliphatic carbocycles. The summed E-state index contributed by atoms with van der Waals surface area (Å²) in [7, 11) is 0. The predicted octanol–water partition coefficient (Wildman–Crippen LogP) is 2.76. The maximum Gasteiger partial charge on any atom is 0.261 e. The highest BCUT2D eigenvalue weighted by Gasteiger charge is 2.39. The monoisotopic (exact) mass is 281 g/mol. The van der Waals surface area contributed by atoms with Gasteiger partial charge >= 0.3 is 0 Å². The van der Waals surface area contributed by atoms with Gasteiger partial charge < -0.3 is 9.47 Å². The normalized spacial score (nSPS) is 23.2. The Morgan fingerprint density at radius 2 is 1.81 bits per heavy atom. The molecule has 0 bridgehead atoms. The molecule has 0 aromatic heterocycles. The summed E-state index contributed by atoms with van der Waals surface area (Å²) in [5.41, 5.74) is 2.48. The lowest BCUT2D eigenvalue weighted by Gasteiger charge is -2.25. The van der Waals surface area contributed by atoms with Gasteiger partial charge in [-0.05, 0) is 18.2 Å². The van der Waals surface area contributed by atoms with Gasteiger partial charge in [0, 0.05) is 16.8 Å². The van der Waals surface area contributed by atoms with Crippen LogP contribution in [0.1, 0.15) is 22.1 Å². The van der Waals surface area contributed by atoms with Crippen molar-refractivity contribution in [3.05, 3.63) is 65.7 Å². The third-order valence-corrected chi connectivity index (χ3v) is 3.79. The zero-order valence-corrected chi connectivity index (χ0v) is 11.4. The number of fused-ring (bicyclic) bond motifs is 1. The second-order valence-electron chi connectivity index (χ2n) is 5.24. The molecular weight excluding hydrogens is 266 g/mol. The summed E-state index contributed by atoms with van der Waals surface area (Å²) < 4.78 is 11.2. The smallest absolute Gasteiger partial charge is 0.261 e. The zero-order chi connectivity index (χ0) is 14.2. The van der Waals surface area contributed by atoms with Gasteiger partial charge in [-0.15, -0.1) is 0 Å². The van der Waals surface area contributed by atoms with Gasteiger partial charge in [0.2, 0.25) is 0 Å². The van der Waals surface area contributed by atoms with E-state index in [1.54, 1.807) is 4.90 Å². The molecule has 2 atom stereocenters. The van der Waals surface area contributed by atoms with Gasteiger partial charge in [-0.2, -0.15) is 0 Å². The standard InChI is InChI=1S/C17H15NO3/c19-16-14-8-4-5-9-15(14)17(21-11-13-10-20-13)18(16)12-6-2-1-3-7-12/h1-9,13,17H,10-11H2/t13-,17-/m0/s1. The van der Waals surface area contributed by atoms with Crippen molar-refractivity contribution >= 4 is 11.6 Å². The number of hydrogen-bond donors (Lipinski definition) is 0. The molecule has 0 N–H and O–H groups in total. The van der Waals surface area contributed by atoms with Crippen LogP contribution in [0.4, 0.5) is 5.69 Å². The van der Waals surface area contributed by atoms with E-state index in [4.69, 9.17) is 9.47 Å². The third-order valence-electron chi connectivity index (χ3n) is 3.79. The molecule has 2 heterocycles. The Labute approximate surface area is 122 Å². The number of para-hydroxylation sites is 1. The van der Waals surface area contributed by atoms with Crippen LogP contribution in [0.5, 0.6) is 0 Å². The van der Waals surface area contributed by atoms with Crippen molar-refractivity contribution in [2.24, 2.45) is 0 Å². The van der Waals surface area contributed by atoms with Gasteiger partial charge in [-0.25, -0.2) is 0 Å². The van der Waals surface area contributed by atoms with E-state index in [2.05, 4.69) is 0 Å². The SMILES string of the molecule is O=C1c2ccccc2[C@H](OC[C@@H]2CO2)N1c1ccccc1. The van der Waals surface area contributed by atoms with Gasteiger partial charge in [-0.1, -0.05) is 36.4 Å². The van der Waals surface area contributed by atoms with Crippen molar-refractivity contribution in [1.29, 1.82) is 0 Å². The van der Waals surface area contributed by atoms with Crippen LogP contribution in [-0.4, -0.2) is 25.2 Å². The Balaban J connectivity index is 1.71. The number of hydrogen-bond acceptors (Lipinski definition) is 3. The maximum absolute atomic E-state index is 12.7. The number of benzene rings is 2. The van der Waals surface area contributed by atoms with Crippen molar-refractivity contribution < 1.29 is 14.3 Å². The molecule has 4 rings (SSSR count). The Bertz CT molecular complexity index is 667. The highest BCUT2D eigenvalue weighted by atomic mass is 16.6. The minimum atomic E-state index is -0.375. The van der Waals surface area contributed by atoms with Crippen molar-refractivity contribution in [2.75, 3.05) is 18.1 Å². The molecule has 2 aliphatic rings. The molecule has 0 saturated carbocycles. The zero-order valence-electron chi connectivity index (χ0n) is 11.4. The quantitative estimate of drug-likeness (QED) is 0.809. The minimum Gasteiger partial charge on any atom is -0.371 e. The van der Waals surface area contributed by atoms with Gasteiger partial charge in [0.05, 0.1) is 13.2 Å². The first-order chi connectivity index (χ1) is 10.3. The highest BCUT2D eigenvalue weighted by Crippen LogP contribution is 2.38. The maximum atomic E-state index is 12.7. The number of epoxide rings is 1. The summed E-state index contributed by atoms with van der Waals surface area (Å²) in [6.45, 7) is 1.25. The first-order valence-electron chi connectivity index (χ1n) is 7.05. The number of rotatable bonds is 4. The van der Waals surface area contributed by atoms with E-state index in [-0.39, 0.29) is 18.2 Å². The van der Waals surface area contributed by atoms with E-state index < -0.39 is 0 Å². The van der Waals surface area contributed by atoms with Crippen LogP contribution >= 0.6 is 0 Å². The molecule has 0 spiro atoms. The van der Waals surface area contributed by atoms with E-state index in [0.717, 1.165) is 17.9 Å². The number of anilines is 1. The van der Waals surface area contributed by atoms with Gasteiger partial charge in [0.1, 0.15) is 6.10 Å². The lowest BCUT2D eigenvalue weighted by Crippen LogP contribution is -2.30. The van der Waals surface area contributed by atoms with Crippen LogP contribution in [0.3, 0.4) is 0 Å². The molecule has 0 radical (unpaired) electrons. The highest BCUT2D eigenvalue weighted by molar-refractivity contribution is 6.10. The van der Waals surface area contributed by atoms with Crippen molar-refractivity contribution in [1.82, 2.24) is 0 Å². The van der Waals surface area contributed by atoms with E-state index in [0.29, 0.717) is 12.2 Å². The molecule has 4 nitrogen and oxygen atoms in total. The topological polar surface area (TPSA) is 42.1 Å². The Morgan fingerprint density at radius 1 is 1.10 bits per heavy atom. The first kappa shape index (κ1) is 12.6. The van der Waals surface area contributed by atoms with E-state index in [1.807, 2.05) is 54.6 Å². The van der Waals surface area contributed by atoms with Crippen LogP contribution in [0, 0.1) is 0 Å². The minimum absolute atomic E-state index is 0.0153. The summed E-state index contributed by atoms with van der Waals surface area (Å²) in [4.78, 5) is 14.4. The van der Waals surface area contributed by atoms with Crippen molar-refractivity contribution in [2.45, 2.75) is 12.3 Å². The molecule has 2 aromatic rings. The summed E-state index contributed by atoms with van der Waals surface area (Å²) in [5, 5.41) is 0. The second-order valence-corrected chi connectivity index (χ2v) is 5.24. The molecule has 2 aliphatic heterocycles. The van der Waals surface area contributed by atoms with Crippen LogP contribution in [0.2, 0.25) is 0 Å². The molecule has 21 heavy (non-hydrogen) atoms. The summed E-state index contributed by atoms with van der Waals surface area (Å²) >= 11 is 0. The first-order valence-corrected chi connectivity index (χ1v) is 7.05. The number of carbonyl (C=O) groups is 1. The van der Waals surface area contributed by atoms with Crippen molar-refractivity contribution in [3.63, 3.8) is 0 Å². The average Bonchev–Trinajstić information content (AvgIpc) is 3.32. The molecule has 106 valence electrons. The number of amides is 1. The molecule has 4 heteroatoms. The lowest BCUT2D eigenvalue weighted by molar-refractivity contribution is 0.0428.